The van der Waals surface area contributed by atoms with Gasteiger partial charge in [0.2, 0.25) is 0 Å². The summed E-state index contributed by atoms with van der Waals surface area (Å²) >= 11 is 0. The Hall–Kier alpha value is -2.96. The first kappa shape index (κ1) is 10.9. The zero-order valence-electron chi connectivity index (χ0n) is 10.6. The quantitative estimate of drug-likeness (QED) is 0.597. The van der Waals surface area contributed by atoms with Crippen molar-refractivity contribution in [1.29, 1.82) is 0 Å². The number of aromatic nitrogens is 6. The van der Waals surface area contributed by atoms with Crippen LogP contribution in [0.4, 0.5) is 0 Å². The molecule has 0 bridgehead atoms. The topological polar surface area (TPSA) is 81.5 Å². The summed E-state index contributed by atoms with van der Waals surface area (Å²) in [5.74, 6) is 0. The van der Waals surface area contributed by atoms with Crippen LogP contribution in [0.3, 0.4) is 0 Å². The lowest BCUT2D eigenvalue weighted by atomic mass is 10.2. The van der Waals surface area contributed by atoms with E-state index >= 15 is 0 Å². The van der Waals surface area contributed by atoms with Crippen LogP contribution in [0.1, 0.15) is 0 Å². The zero-order chi connectivity index (χ0) is 13.5. The summed E-state index contributed by atoms with van der Waals surface area (Å²) in [4.78, 5) is 12.7. The highest BCUT2D eigenvalue weighted by atomic mass is 16.5. The van der Waals surface area contributed by atoms with Crippen LogP contribution in [0, 0.1) is 0 Å². The lowest BCUT2D eigenvalue weighted by Gasteiger charge is -2.04. The van der Waals surface area contributed by atoms with Gasteiger partial charge >= 0.3 is 6.01 Å². The summed E-state index contributed by atoms with van der Waals surface area (Å²) in [6.45, 7) is 0. The number of nitrogens with one attached hydrogen (secondary N) is 1. The van der Waals surface area contributed by atoms with Crippen molar-refractivity contribution in [2.45, 2.75) is 0 Å². The van der Waals surface area contributed by atoms with Crippen LogP contribution in [0.5, 0.6) is 6.01 Å². The molecule has 3 heterocycles. The van der Waals surface area contributed by atoms with Gasteiger partial charge in [-0.05, 0) is 18.2 Å². The predicted octanol–water partition coefficient (Wildman–Crippen LogP) is 1.70. The van der Waals surface area contributed by atoms with Crippen LogP contribution in [0.25, 0.3) is 27.8 Å². The number of methoxy groups -OCH3 is 1. The van der Waals surface area contributed by atoms with Crippen LogP contribution in [0.2, 0.25) is 0 Å². The van der Waals surface area contributed by atoms with Crippen LogP contribution in [-0.2, 0) is 0 Å². The molecule has 4 rings (SSSR count). The predicted molar refractivity (Wildman–Crippen MR) is 72.9 cm³/mol. The highest BCUT2D eigenvalue weighted by molar-refractivity contribution is 5.81. The summed E-state index contributed by atoms with van der Waals surface area (Å²) in [7, 11) is 1.54. The molecule has 20 heavy (non-hydrogen) atoms. The second-order valence-electron chi connectivity index (χ2n) is 4.32. The SMILES string of the molecule is COc1ncc2ncn(-c3ccc4[nH]ncc4c3)c2n1. The molecule has 0 radical (unpaired) electrons. The molecule has 0 aliphatic heterocycles. The third kappa shape index (κ3) is 1.53. The van der Waals surface area contributed by atoms with E-state index in [0.717, 1.165) is 22.1 Å². The van der Waals surface area contributed by atoms with E-state index in [2.05, 4.69) is 25.1 Å². The highest BCUT2D eigenvalue weighted by Gasteiger charge is 2.09. The zero-order valence-corrected chi connectivity index (χ0v) is 10.6. The molecule has 0 aliphatic carbocycles. The van der Waals surface area contributed by atoms with E-state index in [1.54, 1.807) is 25.8 Å². The third-order valence-corrected chi connectivity index (χ3v) is 3.15. The summed E-state index contributed by atoms with van der Waals surface area (Å²) in [5.41, 5.74) is 3.38. The van der Waals surface area contributed by atoms with Gasteiger partial charge in [-0.3, -0.25) is 9.67 Å². The Bertz CT molecular complexity index is 909. The molecular formula is C13H10N6O. The van der Waals surface area contributed by atoms with Crippen molar-refractivity contribution >= 4 is 22.1 Å². The van der Waals surface area contributed by atoms with Crippen molar-refractivity contribution in [3.63, 3.8) is 0 Å². The minimum atomic E-state index is 0.323. The number of ether oxygens (including phenoxy) is 1. The van der Waals surface area contributed by atoms with Gasteiger partial charge in [0, 0.05) is 11.1 Å². The smallest absolute Gasteiger partial charge is 0.318 e. The molecule has 4 aromatic rings. The summed E-state index contributed by atoms with van der Waals surface area (Å²) < 4.78 is 6.96. The maximum absolute atomic E-state index is 5.06. The Labute approximate surface area is 113 Å². The van der Waals surface area contributed by atoms with Crippen LogP contribution < -0.4 is 4.74 Å². The number of hydrogen-bond donors (Lipinski definition) is 1. The second-order valence-corrected chi connectivity index (χ2v) is 4.32. The van der Waals surface area contributed by atoms with E-state index in [1.807, 2.05) is 22.8 Å². The number of hydrogen-bond acceptors (Lipinski definition) is 5. The molecule has 7 heteroatoms. The molecule has 98 valence electrons. The van der Waals surface area contributed by atoms with Crippen LogP contribution in [0.15, 0.2) is 36.9 Å². The summed E-state index contributed by atoms with van der Waals surface area (Å²) in [6.07, 6.45) is 5.15. The number of nitrogens with zero attached hydrogens (tertiary/aromatic N) is 5. The fourth-order valence-electron chi connectivity index (χ4n) is 2.16. The first-order valence-corrected chi connectivity index (χ1v) is 6.03. The maximum atomic E-state index is 5.06. The minimum absolute atomic E-state index is 0.323. The third-order valence-electron chi connectivity index (χ3n) is 3.15. The Morgan fingerprint density at radius 1 is 1.20 bits per heavy atom. The van der Waals surface area contributed by atoms with Gasteiger partial charge in [0.15, 0.2) is 5.65 Å². The number of fused-ring (bicyclic) bond motifs is 2. The van der Waals surface area contributed by atoms with E-state index in [-0.39, 0.29) is 0 Å². The minimum Gasteiger partial charge on any atom is -0.467 e. The molecule has 0 aliphatic rings. The van der Waals surface area contributed by atoms with Gasteiger partial charge in [0.05, 0.1) is 25.0 Å². The maximum Gasteiger partial charge on any atom is 0.318 e. The number of rotatable bonds is 2. The molecule has 7 nitrogen and oxygen atoms in total. The van der Waals surface area contributed by atoms with Gasteiger partial charge in [-0.1, -0.05) is 0 Å². The van der Waals surface area contributed by atoms with Crippen LogP contribution >= 0.6 is 0 Å². The molecular weight excluding hydrogens is 256 g/mol. The number of H-pyrrole nitrogens is 1. The van der Waals surface area contributed by atoms with Gasteiger partial charge < -0.3 is 4.74 Å². The molecule has 0 saturated heterocycles. The molecule has 1 N–H and O–H groups in total. The lowest BCUT2D eigenvalue weighted by molar-refractivity contribution is 0.381. The first-order chi connectivity index (χ1) is 9.85. The monoisotopic (exact) mass is 266 g/mol. The van der Waals surface area contributed by atoms with Crippen molar-refractivity contribution in [2.75, 3.05) is 7.11 Å². The first-order valence-electron chi connectivity index (χ1n) is 6.03. The Morgan fingerprint density at radius 2 is 2.15 bits per heavy atom. The average Bonchev–Trinajstić information content (AvgIpc) is 3.11. The lowest BCUT2D eigenvalue weighted by Crippen LogP contribution is -1.97. The molecule has 0 fully saturated rings. The Balaban J connectivity index is 1.96. The fraction of sp³-hybridized carbons (Fsp3) is 0.0769. The van der Waals surface area contributed by atoms with E-state index < -0.39 is 0 Å². The van der Waals surface area contributed by atoms with E-state index in [1.165, 1.54) is 0 Å². The van der Waals surface area contributed by atoms with Gasteiger partial charge in [-0.2, -0.15) is 10.1 Å². The molecule has 0 spiro atoms. The summed E-state index contributed by atoms with van der Waals surface area (Å²) in [6, 6.07) is 6.30. The molecule has 1 aromatic carbocycles. The summed E-state index contributed by atoms with van der Waals surface area (Å²) in [5, 5.41) is 7.98. The van der Waals surface area contributed by atoms with Gasteiger partial charge in [0.1, 0.15) is 11.8 Å². The molecule has 0 unspecified atom stereocenters. The van der Waals surface area contributed by atoms with Crippen molar-refractivity contribution < 1.29 is 4.74 Å². The second kappa shape index (κ2) is 4.02. The van der Waals surface area contributed by atoms with Gasteiger partial charge in [-0.25, -0.2) is 9.97 Å². The van der Waals surface area contributed by atoms with Gasteiger partial charge in [0.25, 0.3) is 0 Å². The number of aromatic amines is 1. The number of benzene rings is 1. The van der Waals surface area contributed by atoms with Crippen molar-refractivity contribution in [1.82, 2.24) is 29.7 Å². The van der Waals surface area contributed by atoms with E-state index in [4.69, 9.17) is 4.74 Å². The highest BCUT2D eigenvalue weighted by Crippen LogP contribution is 2.20. The van der Waals surface area contributed by atoms with Crippen LogP contribution in [-0.4, -0.2) is 36.8 Å². The number of imidazole rings is 1. The van der Waals surface area contributed by atoms with E-state index in [9.17, 15) is 0 Å². The van der Waals surface area contributed by atoms with Crippen molar-refractivity contribution in [2.24, 2.45) is 0 Å². The van der Waals surface area contributed by atoms with E-state index in [0.29, 0.717) is 11.7 Å². The fourth-order valence-corrected chi connectivity index (χ4v) is 2.16. The van der Waals surface area contributed by atoms with Crippen molar-refractivity contribution in [3.05, 3.63) is 36.9 Å². The van der Waals surface area contributed by atoms with Gasteiger partial charge in [-0.15, -0.1) is 0 Å². The average molecular weight is 266 g/mol. The molecule has 3 aromatic heterocycles. The molecule has 0 atom stereocenters. The molecule has 0 amide bonds. The molecule has 0 saturated carbocycles. The Kier molecular flexibility index (Phi) is 2.19. The standard InChI is InChI=1S/C13H10N6O/c1-20-13-14-6-11-12(17-13)19(7-15-11)9-2-3-10-8(4-9)5-16-18-10/h2-7H,1H3,(H,16,18). The largest absolute Gasteiger partial charge is 0.467 e. The van der Waals surface area contributed by atoms with Crippen molar-refractivity contribution in [3.8, 4) is 11.7 Å². The normalized spacial score (nSPS) is 11.2. The Morgan fingerprint density at radius 3 is 3.05 bits per heavy atom.